The van der Waals surface area contributed by atoms with Crippen molar-refractivity contribution >= 4 is 32.7 Å². The van der Waals surface area contributed by atoms with Gasteiger partial charge in [-0.05, 0) is 46.3 Å². The second-order valence-corrected chi connectivity index (χ2v) is 6.28. The van der Waals surface area contributed by atoms with E-state index in [9.17, 15) is 18.0 Å². The van der Waals surface area contributed by atoms with Crippen LogP contribution in [-0.4, -0.2) is 24.0 Å². The molecule has 0 fully saturated rings. The number of para-hydroxylation sites is 1. The summed E-state index contributed by atoms with van der Waals surface area (Å²) in [6.45, 7) is 0.344. The molecule has 3 rings (SSSR count). The summed E-state index contributed by atoms with van der Waals surface area (Å²) < 4.78 is 43.5. The monoisotopic (exact) mass is 426 g/mol. The minimum atomic E-state index is -4.38. The molecule has 2 N–H and O–H groups in total. The highest BCUT2D eigenvalue weighted by atomic mass is 79.9. The number of nitrogens with one attached hydrogen (secondary N) is 2. The summed E-state index contributed by atoms with van der Waals surface area (Å²) in [7, 11) is 0. The number of fused-ring (bicyclic) bond motifs is 1. The number of amides is 1. The van der Waals surface area contributed by atoms with Crippen LogP contribution in [0.1, 0.15) is 16.1 Å². The van der Waals surface area contributed by atoms with Crippen LogP contribution in [0.25, 0.3) is 10.9 Å². The molecule has 0 radical (unpaired) electrons. The van der Waals surface area contributed by atoms with E-state index in [1.54, 1.807) is 0 Å². The van der Waals surface area contributed by atoms with Gasteiger partial charge >= 0.3 is 6.18 Å². The number of ether oxygens (including phenoxy) is 1. The van der Waals surface area contributed by atoms with Crippen molar-refractivity contribution in [3.05, 3.63) is 64.3 Å². The van der Waals surface area contributed by atoms with Gasteiger partial charge in [-0.2, -0.15) is 13.2 Å². The number of aromatic amines is 1. The number of aromatic nitrogens is 1. The van der Waals surface area contributed by atoms with Crippen LogP contribution in [-0.2, 0) is 6.18 Å². The Labute approximate surface area is 155 Å². The molecule has 8 heteroatoms. The molecule has 136 valence electrons. The largest absolute Gasteiger partial charge is 0.492 e. The first-order chi connectivity index (χ1) is 12.4. The summed E-state index contributed by atoms with van der Waals surface area (Å²) in [6.07, 6.45) is -4.38. The van der Waals surface area contributed by atoms with Gasteiger partial charge in [0, 0.05) is 10.9 Å². The Bertz CT molecular complexity index is 920. The standard InChI is InChI=1S/C18H14BrF3N2O2/c19-15-13-3-1-2-4-14(13)24-16(15)17(25)23-9-10-26-12-7-5-11(6-8-12)18(20,21)22/h1-8,24H,9-10H2,(H,23,25). The molecule has 1 heterocycles. The highest BCUT2D eigenvalue weighted by molar-refractivity contribution is 9.10. The van der Waals surface area contributed by atoms with Crippen molar-refractivity contribution in [3.63, 3.8) is 0 Å². The molecule has 2 aromatic carbocycles. The molecule has 0 bridgehead atoms. The number of benzene rings is 2. The summed E-state index contributed by atoms with van der Waals surface area (Å²) >= 11 is 3.41. The number of carbonyl (C=O) groups excluding carboxylic acids is 1. The van der Waals surface area contributed by atoms with Crippen LogP contribution in [0.2, 0.25) is 0 Å². The first-order valence-corrected chi connectivity index (χ1v) is 8.50. The molecule has 1 aromatic heterocycles. The van der Waals surface area contributed by atoms with Crippen molar-refractivity contribution in [2.45, 2.75) is 6.18 Å². The SMILES string of the molecule is O=C(NCCOc1ccc(C(F)(F)F)cc1)c1[nH]c2ccccc2c1Br. The number of H-pyrrole nitrogens is 1. The zero-order valence-corrected chi connectivity index (χ0v) is 14.9. The fourth-order valence-electron chi connectivity index (χ4n) is 2.43. The van der Waals surface area contributed by atoms with E-state index < -0.39 is 11.7 Å². The Morgan fingerprint density at radius 3 is 2.46 bits per heavy atom. The van der Waals surface area contributed by atoms with Gasteiger partial charge in [-0.1, -0.05) is 18.2 Å². The maximum atomic E-state index is 12.5. The number of hydrogen-bond donors (Lipinski definition) is 2. The van der Waals surface area contributed by atoms with E-state index in [4.69, 9.17) is 4.74 Å². The van der Waals surface area contributed by atoms with Gasteiger partial charge in [0.05, 0.1) is 16.6 Å². The molecule has 0 aliphatic carbocycles. The van der Waals surface area contributed by atoms with Crippen LogP contribution in [0.15, 0.2) is 53.0 Å². The molecule has 4 nitrogen and oxygen atoms in total. The van der Waals surface area contributed by atoms with Crippen LogP contribution < -0.4 is 10.1 Å². The highest BCUT2D eigenvalue weighted by Gasteiger charge is 2.30. The van der Waals surface area contributed by atoms with Gasteiger partial charge in [0.15, 0.2) is 0 Å². The van der Waals surface area contributed by atoms with E-state index in [1.165, 1.54) is 12.1 Å². The Balaban J connectivity index is 1.53. The van der Waals surface area contributed by atoms with E-state index in [1.807, 2.05) is 24.3 Å². The van der Waals surface area contributed by atoms with Gasteiger partial charge in [0.25, 0.3) is 5.91 Å². The Morgan fingerprint density at radius 1 is 1.12 bits per heavy atom. The van der Waals surface area contributed by atoms with E-state index in [0.717, 1.165) is 23.0 Å². The molecule has 0 atom stereocenters. The lowest BCUT2D eigenvalue weighted by molar-refractivity contribution is -0.137. The molecule has 0 aliphatic heterocycles. The lowest BCUT2D eigenvalue weighted by Gasteiger charge is -2.09. The van der Waals surface area contributed by atoms with Gasteiger partial charge in [0.2, 0.25) is 0 Å². The molecule has 0 aliphatic rings. The lowest BCUT2D eigenvalue weighted by Crippen LogP contribution is -2.28. The number of halogens is 4. The second-order valence-electron chi connectivity index (χ2n) is 5.49. The zero-order chi connectivity index (χ0) is 18.7. The molecule has 0 unspecified atom stereocenters. The van der Waals surface area contributed by atoms with Gasteiger partial charge < -0.3 is 15.0 Å². The first-order valence-electron chi connectivity index (χ1n) is 7.71. The molecule has 3 aromatic rings. The number of carbonyl (C=O) groups is 1. The fraction of sp³-hybridized carbons (Fsp3) is 0.167. The van der Waals surface area contributed by atoms with Gasteiger partial charge in [-0.25, -0.2) is 0 Å². The van der Waals surface area contributed by atoms with Crippen LogP contribution in [0, 0.1) is 0 Å². The summed E-state index contributed by atoms with van der Waals surface area (Å²) in [5.41, 5.74) is 0.507. The third-order valence-corrected chi connectivity index (χ3v) is 4.53. The molecule has 0 spiro atoms. The predicted octanol–water partition coefficient (Wildman–Crippen LogP) is 4.76. The van der Waals surface area contributed by atoms with Crippen molar-refractivity contribution in [1.82, 2.24) is 10.3 Å². The molecular formula is C18H14BrF3N2O2. The van der Waals surface area contributed by atoms with Crippen LogP contribution in [0.4, 0.5) is 13.2 Å². The lowest BCUT2D eigenvalue weighted by atomic mass is 10.2. The predicted molar refractivity (Wildman–Crippen MR) is 95.3 cm³/mol. The van der Waals surface area contributed by atoms with Crippen molar-refractivity contribution in [2.24, 2.45) is 0 Å². The molecule has 26 heavy (non-hydrogen) atoms. The average molecular weight is 427 g/mol. The van der Waals surface area contributed by atoms with Crippen molar-refractivity contribution in [2.75, 3.05) is 13.2 Å². The van der Waals surface area contributed by atoms with Gasteiger partial charge in [-0.15, -0.1) is 0 Å². The summed E-state index contributed by atoms with van der Waals surface area (Å²) in [4.78, 5) is 15.3. The number of hydrogen-bond acceptors (Lipinski definition) is 2. The third-order valence-electron chi connectivity index (χ3n) is 3.71. The minimum absolute atomic E-state index is 0.134. The Kier molecular flexibility index (Phi) is 5.22. The van der Waals surface area contributed by atoms with E-state index in [0.29, 0.717) is 15.9 Å². The summed E-state index contributed by atoms with van der Waals surface area (Å²) in [5, 5.41) is 3.60. The molecule has 0 saturated carbocycles. The van der Waals surface area contributed by atoms with Gasteiger partial charge in [0.1, 0.15) is 18.1 Å². The minimum Gasteiger partial charge on any atom is -0.492 e. The van der Waals surface area contributed by atoms with Gasteiger partial charge in [-0.3, -0.25) is 4.79 Å². The smallest absolute Gasteiger partial charge is 0.416 e. The van der Waals surface area contributed by atoms with Crippen LogP contribution in [0.5, 0.6) is 5.75 Å². The first kappa shape index (κ1) is 18.3. The van der Waals surface area contributed by atoms with E-state index >= 15 is 0 Å². The normalized spacial score (nSPS) is 11.5. The van der Waals surface area contributed by atoms with Crippen molar-refractivity contribution in [1.29, 1.82) is 0 Å². The van der Waals surface area contributed by atoms with E-state index in [2.05, 4.69) is 26.2 Å². The zero-order valence-electron chi connectivity index (χ0n) is 13.4. The van der Waals surface area contributed by atoms with Crippen LogP contribution in [0.3, 0.4) is 0 Å². The fourth-order valence-corrected chi connectivity index (χ4v) is 3.05. The number of rotatable bonds is 5. The quantitative estimate of drug-likeness (QED) is 0.578. The Hall–Kier alpha value is -2.48. The highest BCUT2D eigenvalue weighted by Crippen LogP contribution is 2.30. The number of alkyl halides is 3. The summed E-state index contributed by atoms with van der Waals surface area (Å²) in [5.74, 6) is 0.00290. The Morgan fingerprint density at radius 2 is 1.81 bits per heavy atom. The molecular weight excluding hydrogens is 413 g/mol. The third kappa shape index (κ3) is 4.01. The molecule has 0 saturated heterocycles. The van der Waals surface area contributed by atoms with Crippen molar-refractivity contribution in [3.8, 4) is 5.75 Å². The van der Waals surface area contributed by atoms with Crippen LogP contribution >= 0.6 is 15.9 Å². The topological polar surface area (TPSA) is 54.1 Å². The second kappa shape index (κ2) is 7.41. The molecule has 1 amide bonds. The summed E-state index contributed by atoms with van der Waals surface area (Å²) in [6, 6.07) is 11.9. The average Bonchev–Trinajstić information content (AvgIpc) is 2.95. The maximum Gasteiger partial charge on any atom is 0.416 e. The van der Waals surface area contributed by atoms with Crippen molar-refractivity contribution < 1.29 is 22.7 Å². The van der Waals surface area contributed by atoms with E-state index in [-0.39, 0.29) is 19.1 Å². The maximum absolute atomic E-state index is 12.5.